The van der Waals surface area contributed by atoms with Crippen LogP contribution >= 0.6 is 11.6 Å². The Morgan fingerprint density at radius 2 is 1.82 bits per heavy atom. The van der Waals surface area contributed by atoms with Crippen molar-refractivity contribution in [3.05, 3.63) is 99.5 Å². The normalized spacial score (nSPS) is 15.6. The maximum atomic E-state index is 13.4. The molecule has 0 saturated heterocycles. The zero-order valence-corrected chi connectivity index (χ0v) is 18.5. The molecule has 0 radical (unpaired) electrons. The number of halogens is 1. The van der Waals surface area contributed by atoms with E-state index in [1.165, 1.54) is 9.58 Å². The van der Waals surface area contributed by atoms with Crippen molar-refractivity contribution in [2.75, 3.05) is 7.11 Å². The van der Waals surface area contributed by atoms with Crippen molar-refractivity contribution in [3.8, 4) is 5.75 Å². The van der Waals surface area contributed by atoms with Crippen LogP contribution in [0.15, 0.2) is 87.1 Å². The molecule has 3 aromatic carbocycles. The molecule has 5 rings (SSSR count). The zero-order chi connectivity index (χ0) is 22.9. The summed E-state index contributed by atoms with van der Waals surface area (Å²) in [5.74, 6) is -0.186. The Bertz CT molecular complexity index is 1420. The third-order valence-corrected chi connectivity index (χ3v) is 6.06. The van der Waals surface area contributed by atoms with Gasteiger partial charge in [-0.3, -0.25) is 9.36 Å². The van der Waals surface area contributed by atoms with E-state index >= 15 is 0 Å². The van der Waals surface area contributed by atoms with Gasteiger partial charge in [-0.25, -0.2) is 9.80 Å². The molecule has 8 heteroatoms. The highest BCUT2D eigenvalue weighted by molar-refractivity contribution is 6.31. The van der Waals surface area contributed by atoms with E-state index in [0.29, 0.717) is 22.5 Å². The standard InChI is InChI=1S/C25H20ClN3O4/c1-32-17-12-10-16(11-13-17)20-14-22(18-6-2-3-7-19(18)26)29(27-20)24(30)15-28-21-8-4-5-9-23(21)33-25(28)31/h2-13,22H,14-15H2,1H3. The average molecular weight is 462 g/mol. The van der Waals surface area contributed by atoms with Gasteiger partial charge in [-0.05, 0) is 53.6 Å². The molecule has 1 unspecified atom stereocenters. The molecule has 0 bridgehead atoms. The molecule has 1 atom stereocenters. The second-order valence-corrected chi connectivity index (χ2v) is 8.08. The smallest absolute Gasteiger partial charge is 0.420 e. The van der Waals surface area contributed by atoms with Gasteiger partial charge in [0.05, 0.1) is 24.4 Å². The van der Waals surface area contributed by atoms with E-state index in [1.54, 1.807) is 37.4 Å². The van der Waals surface area contributed by atoms with Crippen LogP contribution in [-0.2, 0) is 11.3 Å². The van der Waals surface area contributed by atoms with E-state index in [2.05, 4.69) is 5.10 Å². The van der Waals surface area contributed by atoms with Crippen LogP contribution in [-0.4, -0.2) is 28.3 Å². The van der Waals surface area contributed by atoms with Crippen LogP contribution < -0.4 is 10.5 Å². The fourth-order valence-electron chi connectivity index (χ4n) is 4.06. The van der Waals surface area contributed by atoms with Crippen molar-refractivity contribution in [3.63, 3.8) is 0 Å². The minimum Gasteiger partial charge on any atom is -0.497 e. The first-order chi connectivity index (χ1) is 16.0. The lowest BCUT2D eigenvalue weighted by atomic mass is 9.98. The maximum Gasteiger partial charge on any atom is 0.420 e. The van der Waals surface area contributed by atoms with E-state index in [1.807, 2.05) is 42.5 Å². The molecule has 7 nitrogen and oxygen atoms in total. The summed E-state index contributed by atoms with van der Waals surface area (Å²) < 4.78 is 11.8. The van der Waals surface area contributed by atoms with Gasteiger partial charge in [0.1, 0.15) is 12.3 Å². The molecule has 0 N–H and O–H groups in total. The van der Waals surface area contributed by atoms with Gasteiger partial charge in [-0.15, -0.1) is 0 Å². The molecule has 166 valence electrons. The van der Waals surface area contributed by atoms with Crippen molar-refractivity contribution in [1.29, 1.82) is 0 Å². The largest absolute Gasteiger partial charge is 0.497 e. The minimum absolute atomic E-state index is 0.198. The van der Waals surface area contributed by atoms with E-state index in [0.717, 1.165) is 22.6 Å². The van der Waals surface area contributed by atoms with Crippen LogP contribution in [0, 0.1) is 0 Å². The van der Waals surface area contributed by atoms with Gasteiger partial charge in [0.25, 0.3) is 5.91 Å². The van der Waals surface area contributed by atoms with Gasteiger partial charge >= 0.3 is 5.76 Å². The van der Waals surface area contributed by atoms with Gasteiger partial charge < -0.3 is 9.15 Å². The average Bonchev–Trinajstić information content (AvgIpc) is 3.41. The summed E-state index contributed by atoms with van der Waals surface area (Å²) in [6, 6.07) is 21.5. The molecule has 33 heavy (non-hydrogen) atoms. The molecule has 0 aliphatic carbocycles. The summed E-state index contributed by atoms with van der Waals surface area (Å²) in [6.07, 6.45) is 0.489. The Balaban J connectivity index is 1.52. The van der Waals surface area contributed by atoms with Crippen molar-refractivity contribution in [1.82, 2.24) is 9.58 Å². The third kappa shape index (κ3) is 3.91. The number of amides is 1. The monoisotopic (exact) mass is 461 g/mol. The number of nitrogens with zero attached hydrogens (tertiary/aromatic N) is 3. The number of hydrazone groups is 1. The molecule has 0 spiro atoms. The molecular weight excluding hydrogens is 442 g/mol. The molecule has 2 heterocycles. The van der Waals surface area contributed by atoms with E-state index < -0.39 is 11.8 Å². The van der Waals surface area contributed by atoms with E-state index in [-0.39, 0.29) is 12.5 Å². The number of oxazole rings is 1. The Kier molecular flexibility index (Phi) is 5.48. The van der Waals surface area contributed by atoms with Crippen molar-refractivity contribution < 1.29 is 13.9 Å². The number of methoxy groups -OCH3 is 1. The van der Waals surface area contributed by atoms with Crippen molar-refractivity contribution in [2.45, 2.75) is 19.0 Å². The lowest BCUT2D eigenvalue weighted by Crippen LogP contribution is -2.32. The Morgan fingerprint density at radius 1 is 1.09 bits per heavy atom. The zero-order valence-electron chi connectivity index (χ0n) is 17.8. The first-order valence-electron chi connectivity index (χ1n) is 10.4. The molecule has 0 saturated carbocycles. The Hall–Kier alpha value is -3.84. The highest BCUT2D eigenvalue weighted by Crippen LogP contribution is 2.36. The summed E-state index contributed by atoms with van der Waals surface area (Å²) in [7, 11) is 1.61. The first kappa shape index (κ1) is 21.0. The SMILES string of the molecule is COc1ccc(C2=NN(C(=O)Cn3c(=O)oc4ccccc43)C(c3ccccc3Cl)C2)cc1. The molecule has 4 aromatic rings. The summed E-state index contributed by atoms with van der Waals surface area (Å²) >= 11 is 6.48. The molecule has 1 aliphatic rings. The molecule has 0 fully saturated rings. The van der Waals surface area contributed by atoms with Gasteiger partial charge in [0, 0.05) is 11.4 Å². The third-order valence-electron chi connectivity index (χ3n) is 5.72. The number of benzene rings is 3. The summed E-state index contributed by atoms with van der Waals surface area (Å²) in [6.45, 7) is -0.198. The number of ether oxygens (including phenoxy) is 1. The predicted molar refractivity (Wildman–Crippen MR) is 126 cm³/mol. The summed E-state index contributed by atoms with van der Waals surface area (Å²) in [4.78, 5) is 25.8. The molecular formula is C25H20ClN3O4. The fourth-order valence-corrected chi connectivity index (χ4v) is 4.32. The highest BCUT2D eigenvalue weighted by atomic mass is 35.5. The Morgan fingerprint density at radius 3 is 2.58 bits per heavy atom. The number of carbonyl (C=O) groups excluding carboxylic acids is 1. The topological polar surface area (TPSA) is 77.0 Å². The quantitative estimate of drug-likeness (QED) is 0.434. The van der Waals surface area contributed by atoms with Crippen LogP contribution in [0.2, 0.25) is 5.02 Å². The second kappa shape index (κ2) is 8.60. The van der Waals surface area contributed by atoms with Crippen LogP contribution in [0.3, 0.4) is 0 Å². The van der Waals surface area contributed by atoms with Crippen LogP contribution in [0.1, 0.15) is 23.6 Å². The summed E-state index contributed by atoms with van der Waals surface area (Å²) in [5.41, 5.74) is 3.42. The number of rotatable bonds is 5. The molecule has 1 amide bonds. The van der Waals surface area contributed by atoms with Gasteiger partial charge in [0.2, 0.25) is 0 Å². The van der Waals surface area contributed by atoms with E-state index in [9.17, 15) is 9.59 Å². The van der Waals surface area contributed by atoms with Gasteiger partial charge in [-0.2, -0.15) is 5.10 Å². The number of hydrogen-bond donors (Lipinski definition) is 0. The fraction of sp³-hybridized carbons (Fsp3) is 0.160. The number of aromatic nitrogens is 1. The van der Waals surface area contributed by atoms with E-state index in [4.69, 9.17) is 20.8 Å². The van der Waals surface area contributed by atoms with Crippen molar-refractivity contribution in [2.24, 2.45) is 5.10 Å². The van der Waals surface area contributed by atoms with Crippen molar-refractivity contribution >= 4 is 34.3 Å². The number of hydrogen-bond acceptors (Lipinski definition) is 5. The lowest BCUT2D eigenvalue weighted by molar-refractivity contribution is -0.133. The Labute approximate surface area is 194 Å². The van der Waals surface area contributed by atoms with Gasteiger partial charge in [0.15, 0.2) is 5.58 Å². The highest BCUT2D eigenvalue weighted by Gasteiger charge is 2.34. The predicted octanol–water partition coefficient (Wildman–Crippen LogP) is 4.63. The van der Waals surface area contributed by atoms with Gasteiger partial charge in [-0.1, -0.05) is 41.9 Å². The molecule has 1 aromatic heterocycles. The number of carbonyl (C=O) groups is 1. The van der Waals surface area contributed by atoms with Crippen LogP contribution in [0.5, 0.6) is 5.75 Å². The molecule has 1 aliphatic heterocycles. The second-order valence-electron chi connectivity index (χ2n) is 7.68. The summed E-state index contributed by atoms with van der Waals surface area (Å²) in [5, 5.41) is 6.64. The van der Waals surface area contributed by atoms with Crippen LogP contribution in [0.4, 0.5) is 0 Å². The minimum atomic E-state index is -0.586. The van der Waals surface area contributed by atoms with Crippen LogP contribution in [0.25, 0.3) is 11.1 Å². The number of fused-ring (bicyclic) bond motifs is 1. The number of para-hydroxylation sites is 2. The first-order valence-corrected chi connectivity index (χ1v) is 10.8. The maximum absolute atomic E-state index is 13.4. The lowest BCUT2D eigenvalue weighted by Gasteiger charge is -2.23.